The highest BCUT2D eigenvalue weighted by Crippen LogP contribution is 2.32. The number of carboxylic acid groups (broad SMARTS) is 1. The van der Waals surface area contributed by atoms with E-state index in [1.807, 2.05) is 34.6 Å². The molecule has 350 valence electrons. The van der Waals surface area contributed by atoms with E-state index in [1.54, 1.807) is 61.5 Å². The minimum absolute atomic E-state index is 0.0249. The molecule has 7 rings (SSSR count). The van der Waals surface area contributed by atoms with E-state index in [2.05, 4.69) is 42.6 Å². The number of aryl methyl sites for hydroxylation is 4. The van der Waals surface area contributed by atoms with Gasteiger partial charge in [-0.25, -0.2) is 24.5 Å². The van der Waals surface area contributed by atoms with E-state index in [0.29, 0.717) is 78.5 Å². The number of amides is 4. The van der Waals surface area contributed by atoms with Gasteiger partial charge < -0.3 is 29.8 Å². The van der Waals surface area contributed by atoms with Gasteiger partial charge in [-0.05, 0) is 91.6 Å². The number of aromatic carboxylic acids is 1. The Morgan fingerprint density at radius 3 is 1.97 bits per heavy atom. The quantitative estimate of drug-likeness (QED) is 0.0787. The maximum atomic E-state index is 13.8. The molecule has 5 aromatic heterocycles. The average molecular weight is 916 g/mol. The molecule has 0 bridgehead atoms. The molecule has 0 spiro atoms. The van der Waals surface area contributed by atoms with E-state index in [4.69, 9.17) is 20.2 Å². The number of nitrogens with zero attached hydrogens (tertiary/aromatic N) is 10. The number of nitrogens with two attached hydrogens (primary N) is 1. The number of piperidine rings is 1. The van der Waals surface area contributed by atoms with Crippen molar-refractivity contribution in [3.8, 4) is 17.6 Å². The predicted octanol–water partition coefficient (Wildman–Crippen LogP) is 5.42. The number of allylic oxidation sites excluding steroid dienone is 2. The van der Waals surface area contributed by atoms with E-state index in [9.17, 15) is 29.1 Å². The zero-order chi connectivity index (χ0) is 48.2. The first kappa shape index (κ1) is 47.0. The second-order valence-electron chi connectivity index (χ2n) is 16.9. The Labute approximate surface area is 385 Å². The number of likely N-dealkylation sites (tertiary alicyclic amines) is 1. The molecule has 0 aliphatic carbocycles. The van der Waals surface area contributed by atoms with Crippen molar-refractivity contribution in [1.82, 2.24) is 48.5 Å². The fourth-order valence-electron chi connectivity index (χ4n) is 7.61. The Balaban J connectivity index is 1.19. The zero-order valence-corrected chi connectivity index (χ0v) is 38.4. The van der Waals surface area contributed by atoms with Crippen LogP contribution in [0.25, 0.3) is 22.2 Å². The Kier molecular flexibility index (Phi) is 13.7. The maximum absolute atomic E-state index is 13.8. The van der Waals surface area contributed by atoms with Gasteiger partial charge >= 0.3 is 12.1 Å². The van der Waals surface area contributed by atoms with Gasteiger partial charge in [-0.2, -0.15) is 10.2 Å². The summed E-state index contributed by atoms with van der Waals surface area (Å²) in [5, 5.41) is 24.2. The van der Waals surface area contributed by atoms with E-state index in [0.717, 1.165) is 0 Å². The van der Waals surface area contributed by atoms with Gasteiger partial charge in [-0.15, -0.1) is 0 Å². The summed E-state index contributed by atoms with van der Waals surface area (Å²) in [7, 11) is 0. The van der Waals surface area contributed by atoms with E-state index < -0.39 is 29.3 Å². The number of aromatic nitrogens is 9. The Hall–Kier alpha value is -8.02. The van der Waals surface area contributed by atoms with Gasteiger partial charge in [0.15, 0.2) is 5.65 Å². The molecule has 1 aliphatic rings. The molecule has 21 heteroatoms. The van der Waals surface area contributed by atoms with Crippen LogP contribution in [0.4, 0.5) is 16.7 Å². The smallest absolute Gasteiger partial charge is 0.410 e. The fourth-order valence-corrected chi connectivity index (χ4v) is 7.61. The molecule has 0 radical (unpaired) electrons. The first-order valence-electron chi connectivity index (χ1n) is 21.8. The molecule has 0 unspecified atom stereocenters. The topological polar surface area (TPSA) is 262 Å². The zero-order valence-electron chi connectivity index (χ0n) is 38.4. The van der Waals surface area contributed by atoms with Crippen molar-refractivity contribution < 1.29 is 38.6 Å². The van der Waals surface area contributed by atoms with Crippen molar-refractivity contribution >= 4 is 63.9 Å². The fraction of sp³-hybridized carbons (Fsp3) is 0.391. The Morgan fingerprint density at radius 2 is 1.40 bits per heavy atom. The summed E-state index contributed by atoms with van der Waals surface area (Å²) in [6, 6.07) is 7.72. The molecular formula is C46H53N13O8. The van der Waals surface area contributed by atoms with Crippen LogP contribution in [0.3, 0.4) is 0 Å². The SMILES string of the molecule is CCn1nc(C)cc1C(=O)Nc1nc2cc(C(=O)O)cnc2n1C/C=C/Cn1c(NC(=O)c2cc(C)nn2CC)nc2cc(C(N)=O)cc(OCC#CC3CCN(C(=O)OC(C)(C)C)CC3)c21. The summed E-state index contributed by atoms with van der Waals surface area (Å²) < 4.78 is 18.3. The molecule has 1 aliphatic heterocycles. The standard InChI is InChI=1S/C46H53N13O8/c1-8-58-34(21-27(3)53-58)40(61)51-43-49-32-23-30(38(47)60)25-36(66-20-12-13-29-14-18-55(19-15-29)45(65)67-46(5,6)7)37(32)56(43)16-10-11-17-57-39-33(24-31(26-48-39)42(63)64)50-44(57)52-41(62)35-22-28(4)54-59(35)9-2/h10-11,21-26,29H,8-9,14-20H2,1-7H3,(H2,47,60)(H,63,64)(H,49,51,61)(H,50,52,62)/b11-10+. The number of hydrogen-bond donors (Lipinski definition) is 4. The molecule has 67 heavy (non-hydrogen) atoms. The molecule has 1 saturated heterocycles. The van der Waals surface area contributed by atoms with Gasteiger partial charge in [0, 0.05) is 56.9 Å². The Morgan fingerprint density at radius 1 is 0.836 bits per heavy atom. The summed E-state index contributed by atoms with van der Waals surface area (Å²) in [5.74, 6) is 4.02. The number of imidazole rings is 2. The molecule has 4 amide bonds. The van der Waals surface area contributed by atoms with E-state index in [-0.39, 0.29) is 66.0 Å². The van der Waals surface area contributed by atoms with Crippen LogP contribution in [0.1, 0.15) is 101 Å². The summed E-state index contributed by atoms with van der Waals surface area (Å²) in [5.41, 5.74) is 8.48. The van der Waals surface area contributed by atoms with Gasteiger partial charge in [0.05, 0.1) is 22.5 Å². The maximum Gasteiger partial charge on any atom is 0.410 e. The second kappa shape index (κ2) is 19.6. The van der Waals surface area contributed by atoms with Crippen LogP contribution in [0.15, 0.2) is 48.7 Å². The van der Waals surface area contributed by atoms with E-state index >= 15 is 0 Å². The van der Waals surface area contributed by atoms with Gasteiger partial charge in [0.1, 0.15) is 40.4 Å². The first-order valence-corrected chi connectivity index (χ1v) is 21.8. The first-order chi connectivity index (χ1) is 31.9. The van der Waals surface area contributed by atoms with Crippen molar-refractivity contribution in [3.05, 3.63) is 82.6 Å². The number of fused-ring (bicyclic) bond motifs is 2. The third-order valence-corrected chi connectivity index (χ3v) is 10.7. The lowest BCUT2D eigenvalue weighted by atomic mass is 9.98. The van der Waals surface area contributed by atoms with Crippen molar-refractivity contribution in [3.63, 3.8) is 0 Å². The summed E-state index contributed by atoms with van der Waals surface area (Å²) in [6.07, 6.45) is 5.78. The third-order valence-electron chi connectivity index (χ3n) is 10.7. The average Bonchev–Trinajstić information content (AvgIpc) is 4.05. The summed E-state index contributed by atoms with van der Waals surface area (Å²) in [6.45, 7) is 14.9. The molecule has 0 atom stereocenters. The predicted molar refractivity (Wildman–Crippen MR) is 247 cm³/mol. The number of rotatable bonds is 14. The lowest BCUT2D eigenvalue weighted by Crippen LogP contribution is -2.41. The molecule has 1 fully saturated rings. The number of carbonyl (C=O) groups is 5. The molecular weight excluding hydrogens is 863 g/mol. The van der Waals surface area contributed by atoms with Crippen LogP contribution < -0.4 is 21.1 Å². The summed E-state index contributed by atoms with van der Waals surface area (Å²) >= 11 is 0. The molecule has 1 aromatic carbocycles. The number of nitrogens with one attached hydrogen (secondary N) is 2. The number of ether oxygens (including phenoxy) is 2. The molecule has 5 N–H and O–H groups in total. The highest BCUT2D eigenvalue weighted by Gasteiger charge is 2.27. The molecule has 0 saturated carbocycles. The second-order valence-corrected chi connectivity index (χ2v) is 16.9. The van der Waals surface area contributed by atoms with Crippen LogP contribution in [0.5, 0.6) is 5.75 Å². The Bertz CT molecular complexity index is 2980. The van der Waals surface area contributed by atoms with Gasteiger partial charge in [-0.3, -0.25) is 38.9 Å². The van der Waals surface area contributed by atoms with Crippen LogP contribution in [-0.2, 0) is 30.9 Å². The lowest BCUT2D eigenvalue weighted by Gasteiger charge is -2.31. The molecule has 6 heterocycles. The normalized spacial score (nSPS) is 13.2. The minimum atomic E-state index is -1.18. The number of carboxylic acids is 1. The van der Waals surface area contributed by atoms with Crippen LogP contribution in [-0.4, -0.2) is 109 Å². The molecule has 6 aromatic rings. The highest BCUT2D eigenvalue weighted by molar-refractivity contribution is 6.05. The van der Waals surface area contributed by atoms with Crippen molar-refractivity contribution in [2.24, 2.45) is 11.7 Å². The molecule has 21 nitrogen and oxygen atoms in total. The van der Waals surface area contributed by atoms with Crippen LogP contribution >= 0.6 is 0 Å². The van der Waals surface area contributed by atoms with Crippen molar-refractivity contribution in [1.29, 1.82) is 0 Å². The van der Waals surface area contributed by atoms with Crippen LogP contribution in [0, 0.1) is 31.6 Å². The lowest BCUT2D eigenvalue weighted by molar-refractivity contribution is 0.0199. The number of benzene rings is 1. The summed E-state index contributed by atoms with van der Waals surface area (Å²) in [4.78, 5) is 79.7. The number of anilines is 2. The van der Waals surface area contributed by atoms with Gasteiger partial charge in [0.2, 0.25) is 17.8 Å². The highest BCUT2D eigenvalue weighted by atomic mass is 16.6. The van der Waals surface area contributed by atoms with Crippen molar-refractivity contribution in [2.75, 3.05) is 30.3 Å². The number of hydrogen-bond acceptors (Lipinski definition) is 12. The largest absolute Gasteiger partial charge is 0.479 e. The monoisotopic (exact) mass is 915 g/mol. The third kappa shape index (κ3) is 10.8. The van der Waals surface area contributed by atoms with Crippen LogP contribution in [0.2, 0.25) is 0 Å². The number of pyridine rings is 1. The van der Waals surface area contributed by atoms with Gasteiger partial charge in [0.25, 0.3) is 11.8 Å². The van der Waals surface area contributed by atoms with Crippen molar-refractivity contribution in [2.45, 2.75) is 93.1 Å². The van der Waals surface area contributed by atoms with E-state index in [1.165, 1.54) is 24.4 Å². The number of primary amides is 1. The van der Waals surface area contributed by atoms with Gasteiger partial charge in [-0.1, -0.05) is 24.0 Å². The minimum Gasteiger partial charge on any atom is -0.479 e. The number of carbonyl (C=O) groups excluding carboxylic acids is 4.